The molecule has 84 valence electrons. The molecule has 0 unspecified atom stereocenters. The molecule has 0 fully saturated rings. The number of nitrogens with two attached hydrogens (primary N) is 1. The van der Waals surface area contributed by atoms with Crippen LogP contribution < -0.4 is 10.5 Å². The summed E-state index contributed by atoms with van der Waals surface area (Å²) in [7, 11) is 3.38. The van der Waals surface area contributed by atoms with Gasteiger partial charge in [-0.2, -0.15) is 0 Å². The predicted octanol–water partition coefficient (Wildman–Crippen LogP) is 0.952. The third kappa shape index (κ3) is 2.08. The fraction of sp³-hybridized carbons (Fsp3) is 0.222. The van der Waals surface area contributed by atoms with Crippen LogP contribution in [0, 0.1) is 0 Å². The molecule has 7 heteroatoms. The van der Waals surface area contributed by atoms with E-state index in [0.29, 0.717) is 16.6 Å². The number of benzene rings is 1. The Morgan fingerprint density at radius 3 is 2.88 bits per heavy atom. The summed E-state index contributed by atoms with van der Waals surface area (Å²) in [5, 5.41) is 11.9. The molecule has 0 aliphatic rings. The number of rotatable bonds is 3. The first-order valence-electron chi connectivity index (χ1n) is 4.54. The number of tetrazole rings is 1. The van der Waals surface area contributed by atoms with Gasteiger partial charge >= 0.3 is 0 Å². The highest BCUT2D eigenvalue weighted by atomic mass is 32.2. The van der Waals surface area contributed by atoms with Crippen LogP contribution in [0.25, 0.3) is 0 Å². The highest BCUT2D eigenvalue weighted by Crippen LogP contribution is 2.31. The number of nitrogen functional groups attached to an aromatic ring is 1. The summed E-state index contributed by atoms with van der Waals surface area (Å²) in [6, 6.07) is 5.55. The highest BCUT2D eigenvalue weighted by Gasteiger charge is 2.07. The van der Waals surface area contributed by atoms with Gasteiger partial charge in [-0.15, -0.1) is 5.10 Å². The van der Waals surface area contributed by atoms with Crippen LogP contribution in [0.3, 0.4) is 0 Å². The number of nitrogens with zero attached hydrogens (tertiary/aromatic N) is 4. The molecule has 2 aromatic rings. The molecular formula is C9H11N5OS. The smallest absolute Gasteiger partial charge is 0.213 e. The minimum absolute atomic E-state index is 0.614. The van der Waals surface area contributed by atoms with Crippen LogP contribution in [0.4, 0.5) is 5.69 Å². The molecule has 0 radical (unpaired) electrons. The van der Waals surface area contributed by atoms with E-state index >= 15 is 0 Å². The molecule has 1 aromatic heterocycles. The summed E-state index contributed by atoms with van der Waals surface area (Å²) in [6.07, 6.45) is 0. The molecule has 1 heterocycles. The van der Waals surface area contributed by atoms with Crippen molar-refractivity contribution in [3.8, 4) is 5.75 Å². The van der Waals surface area contributed by atoms with Crippen LogP contribution in [0.2, 0.25) is 0 Å². The second-order valence-electron chi connectivity index (χ2n) is 3.09. The van der Waals surface area contributed by atoms with Crippen LogP contribution in [0.5, 0.6) is 5.75 Å². The number of ether oxygens (including phenoxy) is 1. The molecule has 0 atom stereocenters. The topological polar surface area (TPSA) is 78.9 Å². The van der Waals surface area contributed by atoms with E-state index in [1.54, 1.807) is 24.9 Å². The Hall–Kier alpha value is -1.76. The predicted molar refractivity (Wildman–Crippen MR) is 60.3 cm³/mol. The number of hydrogen-bond donors (Lipinski definition) is 1. The maximum absolute atomic E-state index is 5.72. The Labute approximate surface area is 96.8 Å². The minimum atomic E-state index is 0.614. The van der Waals surface area contributed by atoms with Crippen molar-refractivity contribution in [2.45, 2.75) is 10.1 Å². The van der Waals surface area contributed by atoms with Crippen LogP contribution in [0.15, 0.2) is 28.3 Å². The van der Waals surface area contributed by atoms with Gasteiger partial charge in [-0.1, -0.05) is 0 Å². The van der Waals surface area contributed by atoms with E-state index in [1.165, 1.54) is 11.8 Å². The number of aromatic nitrogens is 4. The monoisotopic (exact) mass is 237 g/mol. The third-order valence-electron chi connectivity index (χ3n) is 2.00. The van der Waals surface area contributed by atoms with E-state index in [9.17, 15) is 0 Å². The molecule has 0 spiro atoms. The fourth-order valence-electron chi connectivity index (χ4n) is 1.17. The van der Waals surface area contributed by atoms with Crippen LogP contribution >= 0.6 is 11.8 Å². The quantitative estimate of drug-likeness (QED) is 0.801. The lowest BCUT2D eigenvalue weighted by molar-refractivity contribution is 0.416. The summed E-state index contributed by atoms with van der Waals surface area (Å²) in [6.45, 7) is 0. The Morgan fingerprint density at radius 2 is 2.25 bits per heavy atom. The van der Waals surface area contributed by atoms with Crippen LogP contribution in [0.1, 0.15) is 0 Å². The molecule has 0 amide bonds. The Morgan fingerprint density at radius 1 is 1.44 bits per heavy atom. The number of methoxy groups -OCH3 is 1. The molecule has 0 saturated carbocycles. The van der Waals surface area contributed by atoms with E-state index in [0.717, 1.165) is 4.90 Å². The van der Waals surface area contributed by atoms with Gasteiger partial charge in [0.1, 0.15) is 5.75 Å². The molecule has 1 aromatic carbocycles. The molecule has 6 nitrogen and oxygen atoms in total. The zero-order valence-corrected chi connectivity index (χ0v) is 9.73. The van der Waals surface area contributed by atoms with Crippen molar-refractivity contribution in [2.75, 3.05) is 12.8 Å². The van der Waals surface area contributed by atoms with Gasteiger partial charge in [-0.3, -0.25) is 0 Å². The van der Waals surface area contributed by atoms with E-state index in [1.807, 2.05) is 12.1 Å². The molecular weight excluding hydrogens is 226 g/mol. The molecule has 0 aliphatic heterocycles. The summed E-state index contributed by atoms with van der Waals surface area (Å²) < 4.78 is 6.74. The first-order valence-corrected chi connectivity index (χ1v) is 5.36. The lowest BCUT2D eigenvalue weighted by Crippen LogP contribution is -1.94. The molecule has 2 rings (SSSR count). The molecule has 16 heavy (non-hydrogen) atoms. The summed E-state index contributed by atoms with van der Waals surface area (Å²) in [5.74, 6) is 0.653. The third-order valence-corrected chi connectivity index (χ3v) is 3.01. The first-order chi connectivity index (χ1) is 7.70. The molecule has 2 N–H and O–H groups in total. The van der Waals surface area contributed by atoms with Crippen LogP contribution in [-0.2, 0) is 7.05 Å². The Kier molecular flexibility index (Phi) is 2.95. The largest absolute Gasteiger partial charge is 0.495 e. The van der Waals surface area contributed by atoms with Crippen molar-refractivity contribution >= 4 is 17.4 Å². The lowest BCUT2D eigenvalue weighted by Gasteiger charge is -2.06. The summed E-state index contributed by atoms with van der Waals surface area (Å²) in [4.78, 5) is 0.976. The number of hydrogen-bond acceptors (Lipinski definition) is 6. The zero-order chi connectivity index (χ0) is 11.5. The zero-order valence-electron chi connectivity index (χ0n) is 8.91. The highest BCUT2D eigenvalue weighted by molar-refractivity contribution is 7.99. The van der Waals surface area contributed by atoms with Crippen molar-refractivity contribution in [3.05, 3.63) is 18.2 Å². The van der Waals surface area contributed by atoms with E-state index in [4.69, 9.17) is 10.5 Å². The van der Waals surface area contributed by atoms with Crippen molar-refractivity contribution < 1.29 is 4.74 Å². The summed E-state index contributed by atoms with van der Waals surface area (Å²) in [5.41, 5.74) is 6.34. The van der Waals surface area contributed by atoms with Crippen LogP contribution in [-0.4, -0.2) is 27.3 Å². The number of aryl methyl sites for hydroxylation is 1. The fourth-order valence-corrected chi connectivity index (χ4v) is 1.93. The van der Waals surface area contributed by atoms with E-state index < -0.39 is 0 Å². The van der Waals surface area contributed by atoms with Gasteiger partial charge in [0.25, 0.3) is 0 Å². The maximum Gasteiger partial charge on any atom is 0.213 e. The van der Waals surface area contributed by atoms with Gasteiger partial charge in [0.2, 0.25) is 5.16 Å². The van der Waals surface area contributed by atoms with Gasteiger partial charge in [-0.05, 0) is 40.4 Å². The SMILES string of the molecule is COc1cc(Sc2nnnn2C)ccc1N. The van der Waals surface area contributed by atoms with Gasteiger partial charge in [-0.25, -0.2) is 4.68 Å². The van der Waals surface area contributed by atoms with Gasteiger partial charge in [0.15, 0.2) is 0 Å². The minimum Gasteiger partial charge on any atom is -0.495 e. The van der Waals surface area contributed by atoms with Crippen molar-refractivity contribution in [1.29, 1.82) is 0 Å². The van der Waals surface area contributed by atoms with E-state index in [2.05, 4.69) is 15.5 Å². The van der Waals surface area contributed by atoms with Gasteiger partial charge in [0, 0.05) is 11.9 Å². The Balaban J connectivity index is 2.25. The first kappa shape index (κ1) is 10.7. The average molecular weight is 237 g/mol. The average Bonchev–Trinajstić information content (AvgIpc) is 2.67. The van der Waals surface area contributed by atoms with Gasteiger partial charge < -0.3 is 10.5 Å². The van der Waals surface area contributed by atoms with Gasteiger partial charge in [0.05, 0.1) is 12.8 Å². The normalized spacial score (nSPS) is 10.4. The second-order valence-corrected chi connectivity index (χ2v) is 4.13. The second kappa shape index (κ2) is 4.40. The number of anilines is 1. The lowest BCUT2D eigenvalue weighted by atomic mass is 10.3. The molecule has 0 aliphatic carbocycles. The van der Waals surface area contributed by atoms with Crippen molar-refractivity contribution in [1.82, 2.24) is 20.2 Å². The van der Waals surface area contributed by atoms with Crippen molar-refractivity contribution in [2.24, 2.45) is 7.05 Å². The summed E-state index contributed by atoms with van der Waals surface area (Å²) >= 11 is 1.45. The Bertz CT molecular complexity index is 498. The maximum atomic E-state index is 5.72. The van der Waals surface area contributed by atoms with Crippen molar-refractivity contribution in [3.63, 3.8) is 0 Å². The molecule has 0 saturated heterocycles. The molecule has 0 bridgehead atoms. The standard InChI is InChI=1S/C9H11N5OS/c1-14-9(11-12-13-14)16-6-3-4-7(10)8(5-6)15-2/h3-5H,10H2,1-2H3. The van der Waals surface area contributed by atoms with E-state index in [-0.39, 0.29) is 0 Å².